The molecule has 3 aromatic rings. The number of imidazole rings is 1. The fraction of sp³-hybridized carbons (Fsp3) is 0.541. The fourth-order valence-corrected chi connectivity index (χ4v) is 5.58. The molecule has 0 aliphatic carbocycles. The Hall–Kier alpha value is -3.72. The normalized spacial score (nSPS) is 12.1. The van der Waals surface area contributed by atoms with E-state index < -0.39 is 34.7 Å². The Morgan fingerprint density at radius 1 is 0.894 bits per heavy atom. The van der Waals surface area contributed by atoms with Gasteiger partial charge in [0.25, 0.3) is 17.7 Å². The predicted molar refractivity (Wildman–Crippen MR) is 188 cm³/mol. The molecule has 1 aromatic heterocycles. The van der Waals surface area contributed by atoms with E-state index in [1.807, 2.05) is 30.3 Å². The summed E-state index contributed by atoms with van der Waals surface area (Å²) in [4.78, 5) is 41.7. The van der Waals surface area contributed by atoms with Crippen LogP contribution in [0, 0.1) is 5.41 Å². The van der Waals surface area contributed by atoms with Crippen LogP contribution in [0.3, 0.4) is 0 Å². The van der Waals surface area contributed by atoms with E-state index in [1.165, 1.54) is 49.5 Å². The maximum absolute atomic E-state index is 14.0. The minimum absolute atomic E-state index is 0.0683. The number of nitrogens with one attached hydrogen (secondary N) is 1. The SMILES string of the molecule is CCCCCCCCCCCCOc1ccc(Cl)cc1NC(=O)C(C(=O)C(C)(C)C)n1c(O)c(OCC)n(Cc2ccccc2)c1=O. The van der Waals surface area contributed by atoms with Gasteiger partial charge in [0.1, 0.15) is 5.75 Å². The highest BCUT2D eigenvalue weighted by Crippen LogP contribution is 2.34. The maximum Gasteiger partial charge on any atom is 0.335 e. The van der Waals surface area contributed by atoms with Crippen molar-refractivity contribution in [2.75, 3.05) is 18.5 Å². The number of aromatic nitrogens is 2. The Morgan fingerprint density at radius 2 is 1.51 bits per heavy atom. The zero-order chi connectivity index (χ0) is 34.4. The number of unbranched alkanes of at least 4 members (excludes halogenated alkanes) is 9. The number of ketones is 1. The van der Waals surface area contributed by atoms with E-state index in [2.05, 4.69) is 12.2 Å². The van der Waals surface area contributed by atoms with Crippen molar-refractivity contribution < 1.29 is 24.2 Å². The number of anilines is 1. The van der Waals surface area contributed by atoms with E-state index in [9.17, 15) is 19.5 Å². The number of halogens is 1. The van der Waals surface area contributed by atoms with Crippen molar-refractivity contribution >= 4 is 29.0 Å². The van der Waals surface area contributed by atoms with Crippen LogP contribution < -0.4 is 20.5 Å². The lowest BCUT2D eigenvalue weighted by atomic mass is 9.86. The lowest BCUT2D eigenvalue weighted by Gasteiger charge is -2.25. The Morgan fingerprint density at radius 3 is 2.11 bits per heavy atom. The quantitative estimate of drug-likeness (QED) is 0.0921. The van der Waals surface area contributed by atoms with Gasteiger partial charge in [-0.15, -0.1) is 0 Å². The number of carbonyl (C=O) groups excluding carboxylic acids is 2. The summed E-state index contributed by atoms with van der Waals surface area (Å²) < 4.78 is 13.8. The maximum atomic E-state index is 14.0. The van der Waals surface area contributed by atoms with E-state index in [1.54, 1.807) is 45.9 Å². The van der Waals surface area contributed by atoms with Crippen LogP contribution >= 0.6 is 11.6 Å². The fourth-order valence-electron chi connectivity index (χ4n) is 5.41. The molecule has 0 radical (unpaired) electrons. The molecule has 0 saturated heterocycles. The minimum atomic E-state index is -1.70. The molecule has 0 spiro atoms. The van der Waals surface area contributed by atoms with E-state index in [-0.39, 0.29) is 24.7 Å². The van der Waals surface area contributed by atoms with Crippen molar-refractivity contribution in [3.05, 3.63) is 69.6 Å². The molecule has 3 rings (SSSR count). The van der Waals surface area contributed by atoms with Crippen LogP contribution in [0.5, 0.6) is 17.5 Å². The molecule has 10 heteroatoms. The van der Waals surface area contributed by atoms with Crippen LogP contribution in [-0.2, 0) is 16.1 Å². The first-order chi connectivity index (χ1) is 22.5. The molecule has 1 atom stereocenters. The lowest BCUT2D eigenvalue weighted by molar-refractivity contribution is -0.135. The molecule has 47 heavy (non-hydrogen) atoms. The molecule has 1 unspecified atom stereocenters. The highest BCUT2D eigenvalue weighted by molar-refractivity contribution is 6.31. The van der Waals surface area contributed by atoms with Crippen LogP contribution in [0.2, 0.25) is 5.02 Å². The summed E-state index contributed by atoms with van der Waals surface area (Å²) in [5, 5.41) is 14.4. The van der Waals surface area contributed by atoms with Crippen molar-refractivity contribution in [1.82, 2.24) is 9.13 Å². The number of hydrogen-bond acceptors (Lipinski definition) is 6. The number of amides is 1. The number of Topliss-reactive ketones (excluding diaryl/α,β-unsaturated/α-hetero) is 1. The first kappa shape index (κ1) is 37.7. The molecule has 0 aliphatic rings. The smallest absolute Gasteiger partial charge is 0.335 e. The molecule has 0 bridgehead atoms. The van der Waals surface area contributed by atoms with E-state index in [4.69, 9.17) is 21.1 Å². The molecular weight excluding hydrogens is 618 g/mol. The number of carbonyl (C=O) groups is 2. The van der Waals surface area contributed by atoms with E-state index >= 15 is 0 Å². The molecule has 2 aromatic carbocycles. The number of hydrogen-bond donors (Lipinski definition) is 2. The third-order valence-corrected chi connectivity index (χ3v) is 8.25. The largest absolute Gasteiger partial charge is 0.491 e. The highest BCUT2D eigenvalue weighted by atomic mass is 35.5. The van der Waals surface area contributed by atoms with Crippen molar-refractivity contribution in [2.45, 2.75) is 111 Å². The second kappa shape index (κ2) is 18.6. The molecule has 1 amide bonds. The minimum Gasteiger partial charge on any atom is -0.491 e. The lowest BCUT2D eigenvalue weighted by Crippen LogP contribution is -2.43. The summed E-state index contributed by atoms with van der Waals surface area (Å²) >= 11 is 6.30. The van der Waals surface area contributed by atoms with Crippen LogP contribution in [0.25, 0.3) is 0 Å². The van der Waals surface area contributed by atoms with Gasteiger partial charge >= 0.3 is 5.69 Å². The summed E-state index contributed by atoms with van der Waals surface area (Å²) in [5.41, 5.74) is -0.748. The highest BCUT2D eigenvalue weighted by Gasteiger charge is 2.41. The van der Waals surface area contributed by atoms with Gasteiger partial charge in [0.2, 0.25) is 0 Å². The molecular formula is C37H52ClN3O6. The summed E-state index contributed by atoms with van der Waals surface area (Å²) in [6.07, 6.45) is 12.0. The Bertz CT molecular complexity index is 1490. The number of nitrogens with zero attached hydrogens (tertiary/aromatic N) is 2. The molecule has 0 aliphatic heterocycles. The predicted octanol–water partition coefficient (Wildman–Crippen LogP) is 8.55. The van der Waals surface area contributed by atoms with Gasteiger partial charge in [-0.3, -0.25) is 14.2 Å². The molecule has 258 valence electrons. The van der Waals surface area contributed by atoms with Gasteiger partial charge in [-0.1, -0.05) is 127 Å². The van der Waals surface area contributed by atoms with Crippen molar-refractivity contribution in [2.24, 2.45) is 5.41 Å². The Kier molecular flexibility index (Phi) is 14.9. The number of benzene rings is 2. The average Bonchev–Trinajstić information content (AvgIpc) is 3.25. The Labute approximate surface area is 284 Å². The van der Waals surface area contributed by atoms with Crippen LogP contribution in [-0.4, -0.2) is 39.1 Å². The molecule has 2 N–H and O–H groups in total. The molecule has 0 fully saturated rings. The third-order valence-electron chi connectivity index (χ3n) is 8.02. The van der Waals surface area contributed by atoms with Crippen LogP contribution in [0.1, 0.15) is 110 Å². The standard InChI is InChI=1S/C37H52ClN3O6/c1-6-8-9-10-11-12-13-14-15-19-24-47-30-23-22-28(38)25-29(30)39-33(43)31(32(42)37(3,4)5)41-34(44)35(46-7-2)40(36(41)45)26-27-20-17-16-18-21-27/h16-18,20-23,25,31,44H,6-15,19,24,26H2,1-5H3,(H,39,43). The zero-order valence-corrected chi connectivity index (χ0v) is 29.4. The first-order valence-corrected chi connectivity index (χ1v) is 17.4. The van der Waals surface area contributed by atoms with Gasteiger partial charge in [0.15, 0.2) is 11.8 Å². The van der Waals surface area contributed by atoms with Gasteiger partial charge in [-0.25, -0.2) is 9.36 Å². The van der Waals surface area contributed by atoms with E-state index in [0.717, 1.165) is 29.4 Å². The van der Waals surface area contributed by atoms with Crippen LogP contribution in [0.15, 0.2) is 53.3 Å². The van der Waals surface area contributed by atoms with Gasteiger partial charge < -0.3 is 19.9 Å². The number of ether oxygens (including phenoxy) is 2. The molecule has 0 saturated carbocycles. The molecule has 1 heterocycles. The molecule has 9 nitrogen and oxygen atoms in total. The third kappa shape index (κ3) is 10.9. The number of rotatable bonds is 20. The van der Waals surface area contributed by atoms with Crippen LogP contribution in [0.4, 0.5) is 5.69 Å². The van der Waals surface area contributed by atoms with Gasteiger partial charge in [-0.2, -0.15) is 0 Å². The van der Waals surface area contributed by atoms with Crippen molar-refractivity contribution in [3.8, 4) is 17.5 Å². The summed E-state index contributed by atoms with van der Waals surface area (Å²) in [6, 6.07) is 12.4. The van der Waals surface area contributed by atoms with E-state index in [0.29, 0.717) is 17.4 Å². The van der Waals surface area contributed by atoms with Gasteiger partial charge in [0, 0.05) is 10.4 Å². The summed E-state index contributed by atoms with van der Waals surface area (Å²) in [5.74, 6) is -1.71. The average molecular weight is 670 g/mol. The number of aromatic hydroxyl groups is 1. The summed E-state index contributed by atoms with van der Waals surface area (Å²) in [6.45, 7) is 9.58. The Balaban J connectivity index is 1.81. The van der Waals surface area contributed by atoms with Gasteiger partial charge in [-0.05, 0) is 37.1 Å². The second-order valence-electron chi connectivity index (χ2n) is 13.0. The van der Waals surface area contributed by atoms with Crippen molar-refractivity contribution in [3.63, 3.8) is 0 Å². The van der Waals surface area contributed by atoms with Crippen molar-refractivity contribution in [1.29, 1.82) is 0 Å². The zero-order valence-electron chi connectivity index (χ0n) is 28.6. The van der Waals surface area contributed by atoms with Gasteiger partial charge in [0.05, 0.1) is 25.4 Å². The summed E-state index contributed by atoms with van der Waals surface area (Å²) in [7, 11) is 0. The topological polar surface area (TPSA) is 112 Å². The first-order valence-electron chi connectivity index (χ1n) is 17.0. The monoisotopic (exact) mass is 669 g/mol. The second-order valence-corrected chi connectivity index (χ2v) is 13.4.